The van der Waals surface area contributed by atoms with Gasteiger partial charge in [-0.25, -0.2) is 4.79 Å². The van der Waals surface area contributed by atoms with Crippen molar-refractivity contribution in [1.29, 1.82) is 0 Å². The Hall–Kier alpha value is -1.26. The van der Waals surface area contributed by atoms with E-state index in [1.54, 1.807) is 6.92 Å². The molecule has 0 aliphatic carbocycles. The Labute approximate surface area is 102 Å². The van der Waals surface area contributed by atoms with E-state index in [1.165, 1.54) is 4.90 Å². The number of likely N-dealkylation sites (tertiary alicyclic amines) is 1. The lowest BCUT2D eigenvalue weighted by Gasteiger charge is -2.30. The molecule has 1 fully saturated rings. The Morgan fingerprint density at radius 3 is 2.47 bits per heavy atom. The lowest BCUT2D eigenvalue weighted by Crippen LogP contribution is -2.38. The van der Waals surface area contributed by atoms with E-state index in [2.05, 4.69) is 0 Å². The maximum Gasteiger partial charge on any atom is 0.407 e. The van der Waals surface area contributed by atoms with Crippen molar-refractivity contribution in [2.45, 2.75) is 33.1 Å². The molecule has 1 rings (SSSR count). The van der Waals surface area contributed by atoms with Crippen LogP contribution in [0.15, 0.2) is 0 Å². The van der Waals surface area contributed by atoms with E-state index in [0.29, 0.717) is 25.6 Å². The average molecular weight is 243 g/mol. The second kappa shape index (κ2) is 6.47. The van der Waals surface area contributed by atoms with Crippen LogP contribution in [0.25, 0.3) is 0 Å². The Morgan fingerprint density at radius 2 is 2.00 bits per heavy atom. The first kappa shape index (κ1) is 13.8. The van der Waals surface area contributed by atoms with Crippen LogP contribution in [0.5, 0.6) is 0 Å². The largest absolute Gasteiger partial charge is 0.466 e. The summed E-state index contributed by atoms with van der Waals surface area (Å²) >= 11 is 0. The van der Waals surface area contributed by atoms with Gasteiger partial charge in [0.05, 0.1) is 12.5 Å². The van der Waals surface area contributed by atoms with Gasteiger partial charge in [0.15, 0.2) is 0 Å². The van der Waals surface area contributed by atoms with Crippen molar-refractivity contribution >= 4 is 12.1 Å². The fourth-order valence-corrected chi connectivity index (χ4v) is 2.24. The van der Waals surface area contributed by atoms with Crippen molar-refractivity contribution in [2.24, 2.45) is 11.8 Å². The van der Waals surface area contributed by atoms with Crippen LogP contribution in [0.4, 0.5) is 4.79 Å². The molecular weight excluding hydrogens is 222 g/mol. The highest BCUT2D eigenvalue weighted by Gasteiger charge is 2.25. The number of carbonyl (C=O) groups is 2. The Kier molecular flexibility index (Phi) is 5.25. The number of amides is 1. The summed E-state index contributed by atoms with van der Waals surface area (Å²) < 4.78 is 4.96. The number of carboxylic acid groups (broad SMARTS) is 1. The van der Waals surface area contributed by atoms with Gasteiger partial charge in [0.2, 0.25) is 0 Å². The Balaban J connectivity index is 2.30. The van der Waals surface area contributed by atoms with Crippen molar-refractivity contribution in [3.63, 3.8) is 0 Å². The molecule has 17 heavy (non-hydrogen) atoms. The van der Waals surface area contributed by atoms with Crippen LogP contribution in [-0.2, 0) is 9.53 Å². The topological polar surface area (TPSA) is 66.8 Å². The molecule has 0 aromatic rings. The number of carbonyl (C=O) groups excluding carboxylic acids is 1. The van der Waals surface area contributed by atoms with Crippen molar-refractivity contribution < 1.29 is 19.4 Å². The number of hydrogen-bond donors (Lipinski definition) is 1. The minimum atomic E-state index is -0.845. The lowest BCUT2D eigenvalue weighted by molar-refractivity contribution is -0.148. The highest BCUT2D eigenvalue weighted by atomic mass is 16.5. The van der Waals surface area contributed by atoms with Gasteiger partial charge in [0.25, 0.3) is 0 Å². The first-order chi connectivity index (χ1) is 8.04. The monoisotopic (exact) mass is 243 g/mol. The number of rotatable bonds is 4. The van der Waals surface area contributed by atoms with E-state index in [1.807, 2.05) is 6.92 Å². The van der Waals surface area contributed by atoms with Gasteiger partial charge in [-0.05, 0) is 32.1 Å². The summed E-state index contributed by atoms with van der Waals surface area (Å²) in [4.78, 5) is 23.6. The first-order valence-electron chi connectivity index (χ1n) is 6.19. The molecule has 98 valence electrons. The minimum absolute atomic E-state index is 0.0867. The van der Waals surface area contributed by atoms with Gasteiger partial charge >= 0.3 is 12.1 Å². The summed E-state index contributed by atoms with van der Waals surface area (Å²) in [6.45, 7) is 5.25. The summed E-state index contributed by atoms with van der Waals surface area (Å²) in [7, 11) is 0. The fourth-order valence-electron chi connectivity index (χ4n) is 2.24. The highest BCUT2D eigenvalue weighted by Crippen LogP contribution is 2.24. The third-order valence-electron chi connectivity index (χ3n) is 3.26. The Morgan fingerprint density at radius 1 is 1.41 bits per heavy atom. The van der Waals surface area contributed by atoms with E-state index < -0.39 is 6.09 Å². The molecular formula is C12H21NO4. The van der Waals surface area contributed by atoms with Gasteiger partial charge in [-0.2, -0.15) is 0 Å². The second-order valence-electron chi connectivity index (χ2n) is 4.60. The van der Waals surface area contributed by atoms with Crippen molar-refractivity contribution in [3.8, 4) is 0 Å². The maximum atomic E-state index is 11.5. The third kappa shape index (κ3) is 4.24. The van der Waals surface area contributed by atoms with Gasteiger partial charge < -0.3 is 14.7 Å². The minimum Gasteiger partial charge on any atom is -0.466 e. The molecule has 1 heterocycles. The molecule has 0 aromatic carbocycles. The number of nitrogens with zero attached hydrogens (tertiary/aromatic N) is 1. The molecule has 0 spiro atoms. The molecule has 1 amide bonds. The van der Waals surface area contributed by atoms with Crippen LogP contribution in [0, 0.1) is 11.8 Å². The molecule has 0 aromatic heterocycles. The van der Waals surface area contributed by atoms with Crippen molar-refractivity contribution in [3.05, 3.63) is 0 Å². The van der Waals surface area contributed by atoms with Gasteiger partial charge in [0.1, 0.15) is 0 Å². The van der Waals surface area contributed by atoms with Crippen LogP contribution in [0.2, 0.25) is 0 Å². The predicted molar refractivity (Wildman–Crippen MR) is 62.7 cm³/mol. The first-order valence-corrected chi connectivity index (χ1v) is 6.19. The Bertz CT molecular complexity index is 272. The summed E-state index contributed by atoms with van der Waals surface area (Å²) in [5.74, 6) is 0.203. The highest BCUT2D eigenvalue weighted by molar-refractivity contribution is 5.71. The summed E-state index contributed by atoms with van der Waals surface area (Å²) in [6.07, 6.45) is 1.64. The van der Waals surface area contributed by atoms with Gasteiger partial charge in [-0.1, -0.05) is 6.92 Å². The maximum absolute atomic E-state index is 11.5. The zero-order valence-corrected chi connectivity index (χ0v) is 10.5. The summed E-state index contributed by atoms with van der Waals surface area (Å²) in [5, 5.41) is 8.82. The fraction of sp³-hybridized carbons (Fsp3) is 0.833. The van der Waals surface area contributed by atoms with E-state index in [0.717, 1.165) is 19.3 Å². The van der Waals surface area contributed by atoms with Crippen LogP contribution >= 0.6 is 0 Å². The predicted octanol–water partition coefficient (Wildman–Crippen LogP) is 1.97. The number of piperidine rings is 1. The van der Waals surface area contributed by atoms with Crippen LogP contribution in [0.3, 0.4) is 0 Å². The van der Waals surface area contributed by atoms with E-state index >= 15 is 0 Å². The molecule has 5 nitrogen and oxygen atoms in total. The number of hydrogen-bond acceptors (Lipinski definition) is 3. The lowest BCUT2D eigenvalue weighted by atomic mass is 9.88. The normalized spacial score (nSPS) is 18.8. The molecule has 0 saturated carbocycles. The van der Waals surface area contributed by atoms with Gasteiger partial charge in [-0.3, -0.25) is 4.79 Å². The zero-order chi connectivity index (χ0) is 12.8. The molecule has 1 aliphatic heterocycles. The standard InChI is InChI=1S/C12H21NO4/c1-3-17-11(14)9(2)8-10-4-6-13(7-5-10)12(15)16/h9-10H,3-8H2,1-2H3,(H,15,16). The number of esters is 1. The van der Waals surface area contributed by atoms with Crippen LogP contribution in [0.1, 0.15) is 33.1 Å². The quantitative estimate of drug-likeness (QED) is 0.766. The van der Waals surface area contributed by atoms with Gasteiger partial charge in [0, 0.05) is 13.1 Å². The summed E-state index contributed by atoms with van der Waals surface area (Å²) in [5.41, 5.74) is 0. The average Bonchev–Trinajstić information content (AvgIpc) is 2.30. The SMILES string of the molecule is CCOC(=O)C(C)CC1CCN(C(=O)O)CC1. The van der Waals surface area contributed by atoms with E-state index in [4.69, 9.17) is 9.84 Å². The van der Waals surface area contributed by atoms with Crippen molar-refractivity contribution in [2.75, 3.05) is 19.7 Å². The smallest absolute Gasteiger partial charge is 0.407 e. The second-order valence-corrected chi connectivity index (χ2v) is 4.60. The van der Waals surface area contributed by atoms with Crippen LogP contribution < -0.4 is 0 Å². The van der Waals surface area contributed by atoms with E-state index in [-0.39, 0.29) is 11.9 Å². The third-order valence-corrected chi connectivity index (χ3v) is 3.26. The van der Waals surface area contributed by atoms with Crippen molar-refractivity contribution in [1.82, 2.24) is 4.90 Å². The zero-order valence-electron chi connectivity index (χ0n) is 10.5. The summed E-state index contributed by atoms with van der Waals surface area (Å²) in [6, 6.07) is 0. The molecule has 1 unspecified atom stereocenters. The molecule has 1 saturated heterocycles. The number of ether oxygens (including phenoxy) is 1. The molecule has 5 heteroatoms. The van der Waals surface area contributed by atoms with Gasteiger partial charge in [-0.15, -0.1) is 0 Å². The molecule has 1 N–H and O–H groups in total. The molecule has 1 aliphatic rings. The van der Waals surface area contributed by atoms with E-state index in [9.17, 15) is 9.59 Å². The molecule has 0 radical (unpaired) electrons. The van der Waals surface area contributed by atoms with Crippen LogP contribution in [-0.4, -0.2) is 41.8 Å². The molecule has 1 atom stereocenters. The molecule has 0 bridgehead atoms.